The number of likely N-dealkylation sites (tertiary alicyclic amines) is 1. The van der Waals surface area contributed by atoms with Gasteiger partial charge in [-0.25, -0.2) is 9.98 Å². The summed E-state index contributed by atoms with van der Waals surface area (Å²) in [6.07, 6.45) is 4.54. The highest BCUT2D eigenvalue weighted by atomic mass is 127. The van der Waals surface area contributed by atoms with Crippen LogP contribution in [0.2, 0.25) is 0 Å². The number of hydrogen-bond donors (Lipinski definition) is 1. The number of rotatable bonds is 4. The van der Waals surface area contributed by atoms with E-state index in [9.17, 15) is 0 Å². The van der Waals surface area contributed by atoms with Gasteiger partial charge < -0.3 is 15.1 Å². The van der Waals surface area contributed by atoms with Crippen LogP contribution in [0.4, 0.5) is 5.82 Å². The Morgan fingerprint density at radius 2 is 1.88 bits per heavy atom. The van der Waals surface area contributed by atoms with Gasteiger partial charge in [0.25, 0.3) is 0 Å². The Labute approximate surface area is 175 Å². The van der Waals surface area contributed by atoms with Crippen LogP contribution in [0.1, 0.15) is 53.0 Å². The van der Waals surface area contributed by atoms with Crippen molar-refractivity contribution >= 4 is 35.8 Å². The number of aromatic nitrogens is 1. The summed E-state index contributed by atoms with van der Waals surface area (Å²) in [5.41, 5.74) is 1.59. The molecule has 0 bridgehead atoms. The molecule has 2 aliphatic heterocycles. The summed E-state index contributed by atoms with van der Waals surface area (Å²) < 4.78 is 0. The van der Waals surface area contributed by atoms with Crippen molar-refractivity contribution in [2.75, 3.05) is 31.1 Å². The number of halogens is 1. The molecule has 146 valence electrons. The van der Waals surface area contributed by atoms with E-state index in [2.05, 4.69) is 66.9 Å². The minimum absolute atomic E-state index is 0. The molecular weight excluding hydrogens is 437 g/mol. The van der Waals surface area contributed by atoms with Crippen LogP contribution in [-0.4, -0.2) is 47.6 Å². The Balaban J connectivity index is 0.00000243. The molecule has 0 unspecified atom stereocenters. The van der Waals surface area contributed by atoms with Gasteiger partial charge in [0.2, 0.25) is 0 Å². The number of hydrogen-bond acceptors (Lipinski definition) is 3. The van der Waals surface area contributed by atoms with Crippen LogP contribution in [0, 0.1) is 5.41 Å². The molecule has 0 atom stereocenters. The average Bonchev–Trinajstić information content (AvgIpc) is 3.12. The Kier molecular flexibility index (Phi) is 6.80. The third-order valence-electron chi connectivity index (χ3n) is 6.13. The van der Waals surface area contributed by atoms with Gasteiger partial charge in [-0.3, -0.25) is 0 Å². The molecule has 1 N–H and O–H groups in total. The molecule has 0 saturated carbocycles. The maximum absolute atomic E-state index is 4.87. The molecule has 3 rings (SSSR count). The van der Waals surface area contributed by atoms with Crippen molar-refractivity contribution in [1.82, 2.24) is 15.2 Å². The van der Waals surface area contributed by atoms with E-state index in [1.807, 2.05) is 6.20 Å². The number of nitrogens with one attached hydrogen (secondary N) is 1. The summed E-state index contributed by atoms with van der Waals surface area (Å²) in [4.78, 5) is 14.3. The van der Waals surface area contributed by atoms with E-state index >= 15 is 0 Å². The largest absolute Gasteiger partial charge is 0.357 e. The smallest absolute Gasteiger partial charge is 0.194 e. The molecule has 0 aromatic carbocycles. The highest BCUT2D eigenvalue weighted by molar-refractivity contribution is 14.0. The Bertz CT molecular complexity index is 618. The minimum atomic E-state index is 0. The molecule has 0 amide bonds. The van der Waals surface area contributed by atoms with Crippen LogP contribution in [0.25, 0.3) is 0 Å². The van der Waals surface area contributed by atoms with E-state index in [1.165, 1.54) is 12.8 Å². The fourth-order valence-electron chi connectivity index (χ4n) is 3.60. The van der Waals surface area contributed by atoms with Gasteiger partial charge in [-0.15, -0.1) is 24.0 Å². The van der Waals surface area contributed by atoms with Gasteiger partial charge >= 0.3 is 0 Å². The second kappa shape index (κ2) is 8.31. The van der Waals surface area contributed by atoms with Crippen LogP contribution in [0.15, 0.2) is 23.3 Å². The van der Waals surface area contributed by atoms with Gasteiger partial charge in [0.05, 0.1) is 6.54 Å². The third kappa shape index (κ3) is 4.10. The first-order valence-corrected chi connectivity index (χ1v) is 9.61. The van der Waals surface area contributed by atoms with Crippen LogP contribution < -0.4 is 10.2 Å². The maximum atomic E-state index is 4.87. The standard InChI is InChI=1S/C20H33N5.HI/c1-6-21-18(25-15-19(2,3)20(25,4)5)23-14-16-9-10-17(22-13-16)24-11-7-8-12-24;/h9-10,13H,6-8,11-12,14-15H2,1-5H3,(H,21,23);1H. The predicted molar refractivity (Wildman–Crippen MR) is 120 cm³/mol. The number of guanidine groups is 1. The molecule has 0 spiro atoms. The normalized spacial score (nSPS) is 21.2. The third-order valence-corrected chi connectivity index (χ3v) is 6.13. The summed E-state index contributed by atoms with van der Waals surface area (Å²) in [5, 5.41) is 3.45. The lowest BCUT2D eigenvalue weighted by Gasteiger charge is -2.62. The zero-order valence-corrected chi connectivity index (χ0v) is 19.2. The molecular formula is C20H34IN5. The van der Waals surface area contributed by atoms with Crippen LogP contribution in [0.3, 0.4) is 0 Å². The number of aliphatic imine (C=N–C) groups is 1. The summed E-state index contributed by atoms with van der Waals surface area (Å²) >= 11 is 0. The predicted octanol–water partition coefficient (Wildman–Crippen LogP) is 3.89. The van der Waals surface area contributed by atoms with E-state index in [0.717, 1.165) is 43.5 Å². The molecule has 2 aliphatic rings. The van der Waals surface area contributed by atoms with Gasteiger partial charge in [0.15, 0.2) is 5.96 Å². The van der Waals surface area contributed by atoms with Gasteiger partial charge in [-0.2, -0.15) is 0 Å². The van der Waals surface area contributed by atoms with Crippen molar-refractivity contribution in [3.8, 4) is 0 Å². The van der Waals surface area contributed by atoms with Crippen molar-refractivity contribution in [2.45, 2.75) is 59.5 Å². The zero-order chi connectivity index (χ0) is 18.1. The van der Waals surface area contributed by atoms with Gasteiger partial charge in [-0.1, -0.05) is 19.9 Å². The van der Waals surface area contributed by atoms with Crippen molar-refractivity contribution in [3.63, 3.8) is 0 Å². The Hall–Kier alpha value is -1.05. The molecule has 26 heavy (non-hydrogen) atoms. The summed E-state index contributed by atoms with van der Waals surface area (Å²) in [6.45, 7) is 16.2. The average molecular weight is 471 g/mol. The molecule has 3 heterocycles. The van der Waals surface area contributed by atoms with E-state index in [1.54, 1.807) is 0 Å². The first-order valence-electron chi connectivity index (χ1n) is 9.61. The van der Waals surface area contributed by atoms with Crippen LogP contribution in [-0.2, 0) is 6.54 Å². The number of pyridine rings is 1. The number of anilines is 1. The van der Waals surface area contributed by atoms with Gasteiger partial charge in [0.1, 0.15) is 5.82 Å². The highest BCUT2D eigenvalue weighted by Crippen LogP contribution is 2.46. The lowest BCUT2D eigenvalue weighted by molar-refractivity contribution is -0.0667. The van der Waals surface area contributed by atoms with Gasteiger partial charge in [0, 0.05) is 43.3 Å². The zero-order valence-electron chi connectivity index (χ0n) is 16.9. The second-order valence-electron chi connectivity index (χ2n) is 8.42. The lowest BCUT2D eigenvalue weighted by atomic mass is 9.65. The summed E-state index contributed by atoms with van der Waals surface area (Å²) in [7, 11) is 0. The van der Waals surface area contributed by atoms with Crippen molar-refractivity contribution in [3.05, 3.63) is 23.9 Å². The molecule has 6 heteroatoms. The quantitative estimate of drug-likeness (QED) is 0.411. The van der Waals surface area contributed by atoms with Crippen molar-refractivity contribution in [1.29, 1.82) is 0 Å². The molecule has 5 nitrogen and oxygen atoms in total. The minimum Gasteiger partial charge on any atom is -0.357 e. The first kappa shape index (κ1) is 21.3. The van der Waals surface area contributed by atoms with Crippen LogP contribution >= 0.6 is 24.0 Å². The number of nitrogens with zero attached hydrogens (tertiary/aromatic N) is 4. The van der Waals surface area contributed by atoms with E-state index in [0.29, 0.717) is 12.0 Å². The summed E-state index contributed by atoms with van der Waals surface area (Å²) in [5.74, 6) is 2.11. The Morgan fingerprint density at radius 1 is 1.19 bits per heavy atom. The SMILES string of the molecule is CCNC(=NCc1ccc(N2CCCC2)nc1)N1CC(C)(C)C1(C)C.I. The van der Waals surface area contributed by atoms with Gasteiger partial charge in [-0.05, 0) is 45.2 Å². The molecule has 2 fully saturated rings. The topological polar surface area (TPSA) is 43.8 Å². The molecule has 1 aromatic heterocycles. The highest BCUT2D eigenvalue weighted by Gasteiger charge is 2.53. The molecule has 0 aliphatic carbocycles. The molecule has 2 saturated heterocycles. The molecule has 1 aromatic rings. The Morgan fingerprint density at radius 3 is 2.38 bits per heavy atom. The monoisotopic (exact) mass is 471 g/mol. The molecule has 0 radical (unpaired) electrons. The lowest BCUT2D eigenvalue weighted by Crippen LogP contribution is -2.72. The fourth-order valence-corrected chi connectivity index (χ4v) is 3.60. The maximum Gasteiger partial charge on any atom is 0.194 e. The van der Waals surface area contributed by atoms with E-state index in [4.69, 9.17) is 4.99 Å². The van der Waals surface area contributed by atoms with Crippen molar-refractivity contribution in [2.24, 2.45) is 10.4 Å². The second-order valence-corrected chi connectivity index (χ2v) is 8.42. The fraction of sp³-hybridized carbons (Fsp3) is 0.700. The van der Waals surface area contributed by atoms with Crippen LogP contribution in [0.5, 0.6) is 0 Å². The van der Waals surface area contributed by atoms with E-state index in [-0.39, 0.29) is 29.5 Å². The van der Waals surface area contributed by atoms with Crippen molar-refractivity contribution < 1.29 is 0 Å². The summed E-state index contributed by atoms with van der Waals surface area (Å²) in [6, 6.07) is 4.30. The van der Waals surface area contributed by atoms with E-state index < -0.39 is 0 Å². The first-order chi connectivity index (χ1) is 11.8.